The van der Waals surface area contributed by atoms with Crippen LogP contribution in [0.1, 0.15) is 24.6 Å². The van der Waals surface area contributed by atoms with Gasteiger partial charge >= 0.3 is 0 Å². The summed E-state index contributed by atoms with van der Waals surface area (Å²) >= 11 is 3.06. The molecule has 0 saturated heterocycles. The van der Waals surface area contributed by atoms with Crippen molar-refractivity contribution in [1.29, 1.82) is 0 Å². The van der Waals surface area contributed by atoms with Crippen LogP contribution in [0.3, 0.4) is 0 Å². The molecule has 1 N–H and O–H groups in total. The van der Waals surface area contributed by atoms with E-state index in [1.165, 1.54) is 11.3 Å². The Hall–Kier alpha value is -1.93. The maximum atomic E-state index is 12.2. The number of aryl methyl sites for hydroxylation is 1. The maximum absolute atomic E-state index is 12.2. The zero-order valence-electron chi connectivity index (χ0n) is 12.9. The third-order valence-corrected chi connectivity index (χ3v) is 5.18. The van der Waals surface area contributed by atoms with Gasteiger partial charge in [0.05, 0.1) is 5.69 Å². The molecule has 0 aliphatic carbocycles. The zero-order valence-corrected chi connectivity index (χ0v) is 14.6. The van der Waals surface area contributed by atoms with Crippen LogP contribution in [0.25, 0.3) is 5.65 Å². The number of rotatable bonds is 6. The highest BCUT2D eigenvalue weighted by molar-refractivity contribution is 8.00. The lowest BCUT2D eigenvalue weighted by molar-refractivity contribution is 0.950. The van der Waals surface area contributed by atoms with Gasteiger partial charge in [-0.3, -0.25) is 9.20 Å². The van der Waals surface area contributed by atoms with Crippen LogP contribution in [-0.4, -0.2) is 26.1 Å². The van der Waals surface area contributed by atoms with Crippen molar-refractivity contribution in [2.45, 2.75) is 30.4 Å². The van der Waals surface area contributed by atoms with Gasteiger partial charge in [-0.1, -0.05) is 36.1 Å². The standard InChI is InChI=1S/C15H17N5OS2/c1-3-6-16-14-18-19-15(23-14)22-9-11-7-13(21)20-8-10(2)4-5-12(20)17-11/h4-5,7-8H,3,6,9H2,1-2H3,(H,16,18). The fraction of sp³-hybridized carbons (Fsp3) is 0.333. The summed E-state index contributed by atoms with van der Waals surface area (Å²) in [5.74, 6) is 0.599. The first-order valence-electron chi connectivity index (χ1n) is 7.35. The number of anilines is 1. The van der Waals surface area contributed by atoms with Crippen molar-refractivity contribution in [3.63, 3.8) is 0 Å². The van der Waals surface area contributed by atoms with E-state index in [-0.39, 0.29) is 5.56 Å². The quantitative estimate of drug-likeness (QED) is 0.691. The molecule has 23 heavy (non-hydrogen) atoms. The van der Waals surface area contributed by atoms with E-state index < -0.39 is 0 Å². The molecule has 6 nitrogen and oxygen atoms in total. The minimum Gasteiger partial charge on any atom is -0.360 e. The van der Waals surface area contributed by atoms with E-state index in [4.69, 9.17) is 0 Å². The third-order valence-electron chi connectivity index (χ3n) is 3.14. The first-order valence-corrected chi connectivity index (χ1v) is 9.15. The number of hydrogen-bond donors (Lipinski definition) is 1. The van der Waals surface area contributed by atoms with Crippen LogP contribution in [0.2, 0.25) is 0 Å². The minimum absolute atomic E-state index is 0.0585. The maximum Gasteiger partial charge on any atom is 0.258 e. The molecule has 0 saturated carbocycles. The van der Waals surface area contributed by atoms with Gasteiger partial charge in [0.1, 0.15) is 5.65 Å². The molecule has 0 unspecified atom stereocenters. The van der Waals surface area contributed by atoms with E-state index in [9.17, 15) is 4.79 Å². The Kier molecular flexibility index (Phi) is 4.92. The van der Waals surface area contributed by atoms with Gasteiger partial charge in [0, 0.05) is 24.6 Å². The molecule has 0 aliphatic heterocycles. The molecule has 0 radical (unpaired) electrons. The van der Waals surface area contributed by atoms with Gasteiger partial charge in [0.25, 0.3) is 5.56 Å². The van der Waals surface area contributed by atoms with Crippen molar-refractivity contribution in [2.75, 3.05) is 11.9 Å². The number of hydrogen-bond acceptors (Lipinski definition) is 7. The molecule has 0 fully saturated rings. The van der Waals surface area contributed by atoms with E-state index in [1.807, 2.05) is 19.1 Å². The van der Waals surface area contributed by atoms with Crippen molar-refractivity contribution < 1.29 is 0 Å². The normalized spacial score (nSPS) is 11.0. The Bertz CT molecular complexity index is 874. The predicted octanol–water partition coefficient (Wildman–Crippen LogP) is 2.97. The average Bonchev–Trinajstić information content (AvgIpc) is 2.99. The van der Waals surface area contributed by atoms with E-state index in [0.717, 1.165) is 33.7 Å². The van der Waals surface area contributed by atoms with E-state index in [2.05, 4.69) is 27.4 Å². The number of thioether (sulfide) groups is 1. The highest BCUT2D eigenvalue weighted by Gasteiger charge is 2.07. The monoisotopic (exact) mass is 347 g/mol. The van der Waals surface area contributed by atoms with Gasteiger partial charge in [-0.25, -0.2) is 4.98 Å². The summed E-state index contributed by atoms with van der Waals surface area (Å²) in [5, 5.41) is 12.3. The van der Waals surface area contributed by atoms with Crippen LogP contribution in [0.4, 0.5) is 5.13 Å². The molecule has 0 amide bonds. The largest absolute Gasteiger partial charge is 0.360 e. The van der Waals surface area contributed by atoms with Gasteiger partial charge in [-0.2, -0.15) is 0 Å². The topological polar surface area (TPSA) is 72.2 Å². The highest BCUT2D eigenvalue weighted by atomic mass is 32.2. The SMILES string of the molecule is CCCNc1nnc(SCc2cc(=O)n3cc(C)ccc3n2)s1. The second-order valence-corrected chi connectivity index (χ2v) is 7.31. The van der Waals surface area contributed by atoms with Crippen molar-refractivity contribution in [2.24, 2.45) is 0 Å². The number of fused-ring (bicyclic) bond motifs is 1. The molecule has 0 aromatic carbocycles. The highest BCUT2D eigenvalue weighted by Crippen LogP contribution is 2.27. The summed E-state index contributed by atoms with van der Waals surface area (Å²) < 4.78 is 2.44. The van der Waals surface area contributed by atoms with Gasteiger partial charge < -0.3 is 5.32 Å². The molecular weight excluding hydrogens is 330 g/mol. The Balaban J connectivity index is 1.73. The van der Waals surface area contributed by atoms with E-state index in [0.29, 0.717) is 11.4 Å². The van der Waals surface area contributed by atoms with Crippen LogP contribution < -0.4 is 10.9 Å². The molecule has 8 heteroatoms. The van der Waals surface area contributed by atoms with Gasteiger partial charge in [-0.05, 0) is 25.0 Å². The van der Waals surface area contributed by atoms with Crippen molar-refractivity contribution in [3.8, 4) is 0 Å². The Morgan fingerprint density at radius 1 is 1.35 bits per heavy atom. The van der Waals surface area contributed by atoms with E-state index >= 15 is 0 Å². The third kappa shape index (κ3) is 3.89. The first-order chi connectivity index (χ1) is 11.2. The number of nitrogens with one attached hydrogen (secondary N) is 1. The summed E-state index contributed by atoms with van der Waals surface area (Å²) in [6, 6.07) is 5.40. The zero-order chi connectivity index (χ0) is 16.2. The van der Waals surface area contributed by atoms with Gasteiger partial charge in [0.2, 0.25) is 5.13 Å². The first kappa shape index (κ1) is 15.9. The molecule has 0 aliphatic rings. The lowest BCUT2D eigenvalue weighted by Gasteiger charge is -2.04. The molecule has 3 aromatic heterocycles. The summed E-state index contributed by atoms with van der Waals surface area (Å²) in [7, 11) is 0. The lowest BCUT2D eigenvalue weighted by Crippen LogP contribution is -2.15. The second kappa shape index (κ2) is 7.10. The van der Waals surface area contributed by atoms with Crippen LogP contribution in [0, 0.1) is 6.92 Å². The van der Waals surface area contributed by atoms with Crippen LogP contribution in [0.15, 0.2) is 33.5 Å². The molecule has 0 spiro atoms. The van der Waals surface area contributed by atoms with Gasteiger partial charge in [-0.15, -0.1) is 10.2 Å². The summed E-state index contributed by atoms with van der Waals surface area (Å²) in [5.41, 5.74) is 2.39. The van der Waals surface area contributed by atoms with Crippen molar-refractivity contribution in [3.05, 3.63) is 46.0 Å². The van der Waals surface area contributed by atoms with Crippen molar-refractivity contribution in [1.82, 2.24) is 19.6 Å². The Morgan fingerprint density at radius 2 is 2.22 bits per heavy atom. The lowest BCUT2D eigenvalue weighted by atomic mass is 10.3. The number of aromatic nitrogens is 4. The summed E-state index contributed by atoms with van der Waals surface area (Å²) in [4.78, 5) is 16.7. The molecule has 0 bridgehead atoms. The average molecular weight is 347 g/mol. The molecule has 3 heterocycles. The molecule has 0 atom stereocenters. The number of pyridine rings is 1. The molecule has 120 valence electrons. The van der Waals surface area contributed by atoms with Crippen LogP contribution in [0.5, 0.6) is 0 Å². The van der Waals surface area contributed by atoms with E-state index in [1.54, 1.807) is 28.4 Å². The Labute approximate surface area is 142 Å². The predicted molar refractivity (Wildman–Crippen MR) is 94.4 cm³/mol. The molecular formula is C15H17N5OS2. The Morgan fingerprint density at radius 3 is 3.04 bits per heavy atom. The minimum atomic E-state index is -0.0585. The fourth-order valence-corrected chi connectivity index (χ4v) is 3.71. The fourth-order valence-electron chi connectivity index (χ4n) is 2.04. The molecule has 3 rings (SSSR count). The second-order valence-electron chi connectivity index (χ2n) is 5.11. The summed E-state index contributed by atoms with van der Waals surface area (Å²) in [6.07, 6.45) is 2.85. The van der Waals surface area contributed by atoms with Crippen molar-refractivity contribution >= 4 is 33.9 Å². The summed E-state index contributed by atoms with van der Waals surface area (Å²) in [6.45, 7) is 4.95. The smallest absolute Gasteiger partial charge is 0.258 e. The van der Waals surface area contributed by atoms with Gasteiger partial charge in [0.15, 0.2) is 4.34 Å². The number of nitrogens with zero attached hydrogens (tertiary/aromatic N) is 4. The molecule has 3 aromatic rings. The van der Waals surface area contributed by atoms with Crippen LogP contribution in [-0.2, 0) is 5.75 Å². The van der Waals surface area contributed by atoms with Crippen LogP contribution >= 0.6 is 23.1 Å².